The van der Waals surface area contributed by atoms with Crippen LogP contribution < -0.4 is 4.74 Å². The molecule has 1 aromatic carbocycles. The number of hydrogen-bond acceptors (Lipinski definition) is 4. The summed E-state index contributed by atoms with van der Waals surface area (Å²) in [4.78, 5) is 11.9. The molecule has 2 unspecified atom stereocenters. The second-order valence-corrected chi connectivity index (χ2v) is 7.62. The maximum Gasteiger partial charge on any atom is 0.167 e. The average Bonchev–Trinajstić information content (AvgIpc) is 2.80. The fourth-order valence-corrected chi connectivity index (χ4v) is 4.93. The number of phenolic OH excluding ortho intramolecular Hbond substituents is 2. The number of hydrogen-bond donors (Lipinski definition) is 2. The number of aldehydes is 1. The Kier molecular flexibility index (Phi) is 3.89. The lowest BCUT2D eigenvalue weighted by Gasteiger charge is -2.38. The van der Waals surface area contributed by atoms with Crippen LogP contribution in [0, 0.1) is 5.92 Å². The number of ether oxygens (including phenoxy) is 1. The number of methoxy groups -OCH3 is 1. The minimum Gasteiger partial charge on any atom is -0.507 e. The molecule has 4 heteroatoms. The molecule has 0 amide bonds. The summed E-state index contributed by atoms with van der Waals surface area (Å²) < 4.78 is 5.45. The molecule has 2 N–H and O–H groups in total. The van der Waals surface area contributed by atoms with Crippen LogP contribution in [0.3, 0.4) is 0 Å². The standard InChI is InChI=1S/C20H26O4/c1-10(2)13-17(22)14-12(9-21)15-11(3)7-6-8-20(15,4)16(14)18(23)19(13)24-5/h9-11,22-23H,6-8H2,1-5H3. The molecule has 0 heterocycles. The molecule has 2 aliphatic carbocycles. The van der Waals surface area contributed by atoms with Gasteiger partial charge < -0.3 is 14.9 Å². The number of carbonyl (C=O) groups excluding carboxylic acids is 1. The van der Waals surface area contributed by atoms with Gasteiger partial charge in [-0.1, -0.05) is 34.1 Å². The van der Waals surface area contributed by atoms with Crippen molar-refractivity contribution in [3.8, 4) is 17.2 Å². The molecule has 4 nitrogen and oxygen atoms in total. The zero-order valence-corrected chi connectivity index (χ0v) is 15.1. The highest BCUT2D eigenvalue weighted by Crippen LogP contribution is 2.62. The van der Waals surface area contributed by atoms with Crippen molar-refractivity contribution in [1.29, 1.82) is 0 Å². The molecule has 0 bridgehead atoms. The molecule has 1 aromatic rings. The van der Waals surface area contributed by atoms with E-state index >= 15 is 0 Å². The highest BCUT2D eigenvalue weighted by molar-refractivity contribution is 6.14. The third-order valence-electron chi connectivity index (χ3n) is 5.85. The van der Waals surface area contributed by atoms with E-state index in [1.165, 1.54) is 7.11 Å². The minimum atomic E-state index is -0.423. The molecular formula is C20H26O4. The second-order valence-electron chi connectivity index (χ2n) is 7.62. The fraction of sp³-hybridized carbons (Fsp3) is 0.550. The summed E-state index contributed by atoms with van der Waals surface area (Å²) in [7, 11) is 1.50. The number of benzene rings is 1. The molecular weight excluding hydrogens is 304 g/mol. The molecule has 0 saturated heterocycles. The predicted octanol–water partition coefficient (Wildman–Crippen LogP) is 4.27. The largest absolute Gasteiger partial charge is 0.507 e. The van der Waals surface area contributed by atoms with Gasteiger partial charge in [0.2, 0.25) is 0 Å². The molecule has 1 fully saturated rings. The van der Waals surface area contributed by atoms with Gasteiger partial charge in [-0.2, -0.15) is 0 Å². The van der Waals surface area contributed by atoms with Crippen molar-refractivity contribution in [2.24, 2.45) is 5.92 Å². The average molecular weight is 330 g/mol. The van der Waals surface area contributed by atoms with Crippen LogP contribution in [0.2, 0.25) is 0 Å². The molecule has 2 atom stereocenters. The maximum absolute atomic E-state index is 11.9. The summed E-state index contributed by atoms with van der Waals surface area (Å²) in [6.45, 7) is 8.06. The number of phenols is 2. The maximum atomic E-state index is 11.9. The van der Waals surface area contributed by atoms with Crippen LogP contribution in [-0.2, 0) is 10.2 Å². The lowest BCUT2D eigenvalue weighted by Crippen LogP contribution is -2.30. The number of rotatable bonds is 3. The van der Waals surface area contributed by atoms with Gasteiger partial charge in [0.25, 0.3) is 0 Å². The third kappa shape index (κ3) is 1.95. The van der Waals surface area contributed by atoms with Gasteiger partial charge in [0.15, 0.2) is 17.8 Å². The summed E-state index contributed by atoms with van der Waals surface area (Å²) in [5.74, 6) is 0.685. The lowest BCUT2D eigenvalue weighted by atomic mass is 9.66. The van der Waals surface area contributed by atoms with E-state index in [1.807, 2.05) is 13.8 Å². The van der Waals surface area contributed by atoms with Crippen molar-refractivity contribution >= 4 is 11.9 Å². The second kappa shape index (κ2) is 5.54. The van der Waals surface area contributed by atoms with Crippen molar-refractivity contribution in [2.75, 3.05) is 7.11 Å². The Morgan fingerprint density at radius 2 is 1.96 bits per heavy atom. The molecule has 1 saturated carbocycles. The summed E-state index contributed by atoms with van der Waals surface area (Å²) in [6, 6.07) is 0. The zero-order chi connectivity index (χ0) is 17.8. The van der Waals surface area contributed by atoms with E-state index in [4.69, 9.17) is 4.74 Å². The Morgan fingerprint density at radius 3 is 2.50 bits per heavy atom. The topological polar surface area (TPSA) is 66.8 Å². The van der Waals surface area contributed by atoms with Crippen LogP contribution in [0.15, 0.2) is 5.57 Å². The zero-order valence-electron chi connectivity index (χ0n) is 15.1. The molecule has 0 aromatic heterocycles. The highest BCUT2D eigenvalue weighted by Gasteiger charge is 2.49. The number of allylic oxidation sites excluding steroid dienone is 2. The van der Waals surface area contributed by atoms with E-state index in [0.717, 1.165) is 31.1 Å². The Labute approximate surface area is 143 Å². The van der Waals surface area contributed by atoms with Crippen LogP contribution >= 0.6 is 0 Å². The van der Waals surface area contributed by atoms with Crippen LogP contribution in [0.1, 0.15) is 69.6 Å². The van der Waals surface area contributed by atoms with Crippen LogP contribution in [0.25, 0.3) is 5.57 Å². The first kappa shape index (κ1) is 16.9. The third-order valence-corrected chi connectivity index (χ3v) is 5.85. The molecule has 2 aliphatic rings. The van der Waals surface area contributed by atoms with Gasteiger partial charge in [0.1, 0.15) is 5.75 Å². The minimum absolute atomic E-state index is 0.0399. The van der Waals surface area contributed by atoms with Crippen molar-refractivity contribution in [3.05, 3.63) is 22.3 Å². The fourth-order valence-electron chi connectivity index (χ4n) is 4.93. The van der Waals surface area contributed by atoms with E-state index in [2.05, 4.69) is 13.8 Å². The number of aromatic hydroxyl groups is 2. The molecule has 0 radical (unpaired) electrons. The van der Waals surface area contributed by atoms with Crippen LogP contribution in [-0.4, -0.2) is 23.6 Å². The number of carbonyl (C=O) groups is 1. The molecule has 130 valence electrons. The number of fused-ring (bicyclic) bond motifs is 3. The Balaban J connectivity index is 2.46. The quantitative estimate of drug-likeness (QED) is 0.641. The first-order chi connectivity index (χ1) is 11.3. The van der Waals surface area contributed by atoms with E-state index in [9.17, 15) is 15.0 Å². The van der Waals surface area contributed by atoms with Gasteiger partial charge in [0.05, 0.1) is 7.11 Å². The Hall–Kier alpha value is -1.97. The summed E-state index contributed by atoms with van der Waals surface area (Å²) in [5, 5.41) is 22.0. The van der Waals surface area contributed by atoms with Gasteiger partial charge in [-0.15, -0.1) is 0 Å². The highest BCUT2D eigenvalue weighted by atomic mass is 16.5. The van der Waals surface area contributed by atoms with Crippen LogP contribution in [0.4, 0.5) is 0 Å². The Morgan fingerprint density at radius 1 is 1.29 bits per heavy atom. The van der Waals surface area contributed by atoms with Gasteiger partial charge in [-0.3, -0.25) is 4.79 Å². The molecule has 24 heavy (non-hydrogen) atoms. The first-order valence-corrected chi connectivity index (χ1v) is 8.66. The Bertz CT molecular complexity index is 745. The van der Waals surface area contributed by atoms with Gasteiger partial charge in [0, 0.05) is 27.7 Å². The van der Waals surface area contributed by atoms with Gasteiger partial charge in [-0.25, -0.2) is 0 Å². The summed E-state index contributed by atoms with van der Waals surface area (Å²) in [6.07, 6.45) is 3.75. The monoisotopic (exact) mass is 330 g/mol. The van der Waals surface area contributed by atoms with Gasteiger partial charge >= 0.3 is 0 Å². The van der Waals surface area contributed by atoms with Crippen molar-refractivity contribution in [3.63, 3.8) is 0 Å². The van der Waals surface area contributed by atoms with Crippen LogP contribution in [0.5, 0.6) is 17.2 Å². The van der Waals surface area contributed by atoms with Crippen molar-refractivity contribution in [1.82, 2.24) is 0 Å². The summed E-state index contributed by atoms with van der Waals surface area (Å²) >= 11 is 0. The van der Waals surface area contributed by atoms with E-state index in [0.29, 0.717) is 28.0 Å². The smallest absolute Gasteiger partial charge is 0.167 e. The van der Waals surface area contributed by atoms with Crippen molar-refractivity contribution < 1.29 is 19.7 Å². The van der Waals surface area contributed by atoms with E-state index in [-0.39, 0.29) is 23.3 Å². The molecule has 0 aliphatic heterocycles. The first-order valence-electron chi connectivity index (χ1n) is 8.66. The summed E-state index contributed by atoms with van der Waals surface area (Å²) in [5.41, 5.74) is 2.91. The SMILES string of the molecule is COc1c(O)c2c(c(O)c1C(C)C)C(C=O)=C1C(C)CCCC12C. The van der Waals surface area contributed by atoms with Gasteiger partial charge in [-0.05, 0) is 30.3 Å². The molecule has 3 rings (SSSR count). The van der Waals surface area contributed by atoms with Crippen molar-refractivity contribution in [2.45, 2.75) is 58.3 Å². The van der Waals surface area contributed by atoms with E-state index in [1.54, 1.807) is 0 Å². The predicted molar refractivity (Wildman–Crippen MR) is 93.8 cm³/mol. The van der Waals surface area contributed by atoms with E-state index < -0.39 is 5.41 Å². The normalized spacial score (nSPS) is 25.7. The lowest BCUT2D eigenvalue weighted by molar-refractivity contribution is -0.103. The molecule has 0 spiro atoms.